The number of hydrogen-bond donors (Lipinski definition) is 1. The van der Waals surface area contributed by atoms with E-state index in [2.05, 4.69) is 4.98 Å². The number of aromatic nitrogens is 4. The van der Waals surface area contributed by atoms with Gasteiger partial charge in [0.2, 0.25) is 11.2 Å². The molecule has 0 unspecified atom stereocenters. The van der Waals surface area contributed by atoms with Gasteiger partial charge in [-0.3, -0.25) is 13.9 Å². The summed E-state index contributed by atoms with van der Waals surface area (Å²) in [6.45, 7) is 3.88. The van der Waals surface area contributed by atoms with E-state index in [9.17, 15) is 14.0 Å². The Hall–Kier alpha value is -2.90. The van der Waals surface area contributed by atoms with E-state index in [-0.39, 0.29) is 17.1 Å². The predicted molar refractivity (Wildman–Crippen MR) is 101 cm³/mol. The third kappa shape index (κ3) is 2.75. The van der Waals surface area contributed by atoms with Gasteiger partial charge in [-0.15, -0.1) is 0 Å². The van der Waals surface area contributed by atoms with E-state index in [1.54, 1.807) is 19.2 Å². The molecule has 2 aromatic heterocycles. The Morgan fingerprint density at radius 1 is 1.22 bits per heavy atom. The molecule has 4 rings (SSSR count). The third-order valence-corrected chi connectivity index (χ3v) is 5.17. The van der Waals surface area contributed by atoms with Gasteiger partial charge in [0.05, 0.1) is 13.1 Å². The zero-order chi connectivity index (χ0) is 19.1. The topological polar surface area (TPSA) is 66.9 Å². The van der Waals surface area contributed by atoms with Crippen molar-refractivity contribution in [1.29, 1.82) is 0 Å². The second-order valence-electron chi connectivity index (χ2n) is 6.93. The number of unbranched alkanes of at least 4 members (excludes halogenated alkanes) is 1. The van der Waals surface area contributed by atoms with Crippen LogP contribution in [0.15, 0.2) is 33.9 Å². The summed E-state index contributed by atoms with van der Waals surface area (Å²) in [6.07, 6.45) is 2.53. The second kappa shape index (κ2) is 6.68. The molecule has 3 heterocycles. The Bertz CT molecular complexity index is 1110. The smallest absolute Gasteiger partial charge is 0.267 e. The van der Waals surface area contributed by atoms with Gasteiger partial charge in [-0.2, -0.15) is 0 Å². The molecule has 1 N–H and O–H groups in total. The molecule has 142 valence electrons. The molecule has 0 radical (unpaired) electrons. The van der Waals surface area contributed by atoms with Crippen LogP contribution >= 0.6 is 0 Å². The molecule has 7 nitrogen and oxygen atoms in total. The number of halogens is 1. The van der Waals surface area contributed by atoms with Crippen LogP contribution in [-0.4, -0.2) is 20.7 Å². The second-order valence-corrected chi connectivity index (χ2v) is 6.93. The Morgan fingerprint density at radius 3 is 2.67 bits per heavy atom. The Labute approximate surface area is 155 Å². The maximum atomic E-state index is 13.3. The van der Waals surface area contributed by atoms with E-state index in [1.165, 1.54) is 21.3 Å². The number of nitrogens with zero attached hydrogens (tertiary/aromatic N) is 4. The molecule has 0 bridgehead atoms. The molecule has 0 fully saturated rings. The van der Waals surface area contributed by atoms with E-state index in [0.29, 0.717) is 24.3 Å². The fourth-order valence-electron chi connectivity index (χ4n) is 3.73. The van der Waals surface area contributed by atoms with Gasteiger partial charge in [-0.05, 0) is 30.7 Å². The molecule has 1 aromatic carbocycles. The largest absolute Gasteiger partial charge is 0.364 e. The Balaban J connectivity index is 1.94. The van der Waals surface area contributed by atoms with Gasteiger partial charge in [0.15, 0.2) is 0 Å². The third-order valence-electron chi connectivity index (χ3n) is 5.17. The minimum Gasteiger partial charge on any atom is -0.267 e. The normalized spacial score (nSPS) is 14.0. The number of nitrogens with one attached hydrogen (secondary N) is 1. The quantitative estimate of drug-likeness (QED) is 0.710. The molecule has 1 aliphatic rings. The SMILES string of the molecule is CCCCn1c(=O)c2c([nH]c3[n+]2CCCN3c2ccc(F)cc2)n(C)c1=O. The standard InChI is InChI=1S/C19H22FN5O2/c1-3-4-10-25-17(26)15-16(22(2)19(25)27)21-18-23(11-5-12-24(15)18)14-8-6-13(20)7-9-14/h6-9H,3-5,10-12H2,1-2H3/p+1. The number of aromatic amines is 1. The van der Waals surface area contributed by atoms with Crippen LogP contribution in [0.1, 0.15) is 26.2 Å². The van der Waals surface area contributed by atoms with Crippen LogP contribution < -0.4 is 20.7 Å². The van der Waals surface area contributed by atoms with Crippen molar-refractivity contribution in [3.05, 3.63) is 50.9 Å². The summed E-state index contributed by atoms with van der Waals surface area (Å²) in [5.74, 6) is 0.449. The molecule has 0 amide bonds. The number of benzene rings is 1. The lowest BCUT2D eigenvalue weighted by Crippen LogP contribution is -2.49. The molecule has 8 heteroatoms. The maximum absolute atomic E-state index is 13.3. The number of rotatable bonds is 4. The lowest BCUT2D eigenvalue weighted by molar-refractivity contribution is -0.663. The van der Waals surface area contributed by atoms with Crippen molar-refractivity contribution >= 4 is 22.8 Å². The monoisotopic (exact) mass is 372 g/mol. The van der Waals surface area contributed by atoms with Crippen molar-refractivity contribution in [2.45, 2.75) is 39.3 Å². The van der Waals surface area contributed by atoms with E-state index < -0.39 is 0 Å². The molecular formula is C19H23FN5O2+. The first kappa shape index (κ1) is 17.5. The summed E-state index contributed by atoms with van der Waals surface area (Å²) in [5.41, 5.74) is 1.29. The first-order chi connectivity index (χ1) is 13.0. The summed E-state index contributed by atoms with van der Waals surface area (Å²) in [7, 11) is 1.68. The summed E-state index contributed by atoms with van der Waals surface area (Å²) in [5, 5.41) is 0. The van der Waals surface area contributed by atoms with Gasteiger partial charge in [0.25, 0.3) is 5.56 Å². The number of aryl methyl sites for hydroxylation is 2. The lowest BCUT2D eigenvalue weighted by Gasteiger charge is -2.22. The van der Waals surface area contributed by atoms with Crippen molar-refractivity contribution in [3.63, 3.8) is 0 Å². The zero-order valence-corrected chi connectivity index (χ0v) is 15.5. The molecule has 3 aromatic rings. The van der Waals surface area contributed by atoms with Crippen LogP contribution in [-0.2, 0) is 20.1 Å². The van der Waals surface area contributed by atoms with Crippen LogP contribution in [0.25, 0.3) is 11.2 Å². The molecule has 0 saturated heterocycles. The molecule has 1 aliphatic heterocycles. The first-order valence-corrected chi connectivity index (χ1v) is 9.31. The zero-order valence-electron chi connectivity index (χ0n) is 15.5. The fourth-order valence-corrected chi connectivity index (χ4v) is 3.73. The summed E-state index contributed by atoms with van der Waals surface area (Å²) in [4.78, 5) is 31.0. The van der Waals surface area contributed by atoms with E-state index >= 15 is 0 Å². The van der Waals surface area contributed by atoms with Crippen molar-refractivity contribution in [1.82, 2.24) is 14.1 Å². The summed E-state index contributed by atoms with van der Waals surface area (Å²) >= 11 is 0. The van der Waals surface area contributed by atoms with Crippen molar-refractivity contribution in [2.75, 3.05) is 11.4 Å². The number of hydrogen-bond acceptors (Lipinski definition) is 3. The van der Waals surface area contributed by atoms with Gasteiger partial charge >= 0.3 is 11.6 Å². The van der Waals surface area contributed by atoms with Gasteiger partial charge < -0.3 is 0 Å². The van der Waals surface area contributed by atoms with Crippen LogP contribution in [0.2, 0.25) is 0 Å². The lowest BCUT2D eigenvalue weighted by atomic mass is 10.2. The first-order valence-electron chi connectivity index (χ1n) is 9.31. The Morgan fingerprint density at radius 2 is 1.96 bits per heavy atom. The molecule has 0 atom stereocenters. The fraction of sp³-hybridized carbons (Fsp3) is 0.421. The van der Waals surface area contributed by atoms with Crippen molar-refractivity contribution in [2.24, 2.45) is 7.05 Å². The van der Waals surface area contributed by atoms with Crippen LogP contribution in [0.3, 0.4) is 0 Å². The summed E-state index contributed by atoms with van der Waals surface area (Å²) in [6, 6.07) is 6.28. The number of fused-ring (bicyclic) bond motifs is 3. The molecule has 27 heavy (non-hydrogen) atoms. The average Bonchev–Trinajstić information content (AvgIpc) is 3.07. The highest BCUT2D eigenvalue weighted by Gasteiger charge is 2.33. The molecular weight excluding hydrogens is 349 g/mol. The van der Waals surface area contributed by atoms with Gasteiger partial charge in [-0.1, -0.05) is 13.3 Å². The molecule has 0 aliphatic carbocycles. The van der Waals surface area contributed by atoms with Crippen molar-refractivity contribution in [3.8, 4) is 0 Å². The minimum absolute atomic E-state index is 0.259. The molecule has 0 spiro atoms. The van der Waals surface area contributed by atoms with Gasteiger partial charge in [-0.25, -0.2) is 23.6 Å². The highest BCUT2D eigenvalue weighted by atomic mass is 19.1. The Kier molecular flexibility index (Phi) is 4.33. The highest BCUT2D eigenvalue weighted by Crippen LogP contribution is 2.26. The van der Waals surface area contributed by atoms with E-state index in [0.717, 1.165) is 37.4 Å². The van der Waals surface area contributed by atoms with Crippen LogP contribution in [0.5, 0.6) is 0 Å². The number of imidazole rings is 1. The highest BCUT2D eigenvalue weighted by molar-refractivity contribution is 5.70. The van der Waals surface area contributed by atoms with E-state index in [4.69, 9.17) is 0 Å². The minimum atomic E-state index is -0.312. The predicted octanol–water partition coefficient (Wildman–Crippen LogP) is 1.80. The van der Waals surface area contributed by atoms with Gasteiger partial charge in [0, 0.05) is 20.0 Å². The van der Waals surface area contributed by atoms with E-state index in [1.807, 2.05) is 16.4 Å². The number of anilines is 2. The number of H-pyrrole nitrogens is 1. The maximum Gasteiger partial charge on any atom is 0.364 e. The van der Waals surface area contributed by atoms with Crippen LogP contribution in [0.4, 0.5) is 16.0 Å². The average molecular weight is 372 g/mol. The van der Waals surface area contributed by atoms with Crippen LogP contribution in [0, 0.1) is 5.82 Å². The molecule has 0 saturated carbocycles. The van der Waals surface area contributed by atoms with Crippen molar-refractivity contribution < 1.29 is 8.96 Å². The van der Waals surface area contributed by atoms with Gasteiger partial charge in [0.1, 0.15) is 11.5 Å². The summed E-state index contributed by atoms with van der Waals surface area (Å²) < 4.78 is 18.1.